The summed E-state index contributed by atoms with van der Waals surface area (Å²) in [5, 5.41) is 15.3. The second-order valence-corrected chi connectivity index (χ2v) is 9.85. The number of Topliss-reactive ketones (excluding diaryl/α,β-unsaturated/α-hetero) is 2. The molecule has 4 atom stereocenters. The van der Waals surface area contributed by atoms with E-state index in [2.05, 4.69) is 34.9 Å². The van der Waals surface area contributed by atoms with Gasteiger partial charge in [-0.05, 0) is 36.3 Å². The Morgan fingerprint density at radius 3 is 2.41 bits per heavy atom. The Morgan fingerprint density at radius 1 is 1.04 bits per heavy atom. The number of nitrogens with one attached hydrogen (secondary N) is 2. The topological polar surface area (TPSA) is 78.4 Å². The number of carbonyl (C=O) groups excluding carboxylic acids is 2. The van der Waals surface area contributed by atoms with E-state index in [1.54, 1.807) is 11.8 Å². The van der Waals surface area contributed by atoms with Gasteiger partial charge in [-0.25, -0.2) is 0 Å². The fraction of sp³-hybridized carbons (Fsp3) is 0.600. The zero-order valence-corrected chi connectivity index (χ0v) is 16.9. The van der Waals surface area contributed by atoms with Crippen molar-refractivity contribution in [1.82, 2.24) is 10.6 Å². The molecule has 146 valence electrons. The smallest absolute Gasteiger partial charge is 0.165 e. The Labute approximate surface area is 168 Å². The van der Waals surface area contributed by atoms with Gasteiger partial charge in [0.05, 0.1) is 23.1 Å². The fourth-order valence-corrected chi connectivity index (χ4v) is 6.79. The van der Waals surface area contributed by atoms with Crippen molar-refractivity contribution in [1.29, 1.82) is 0 Å². The molecule has 3 N–H and O–H groups in total. The zero-order valence-electron chi connectivity index (χ0n) is 15.2. The summed E-state index contributed by atoms with van der Waals surface area (Å²) < 4.78 is 0. The van der Waals surface area contributed by atoms with Crippen molar-refractivity contribution in [3.63, 3.8) is 0 Å². The van der Waals surface area contributed by atoms with Crippen LogP contribution in [-0.4, -0.2) is 57.6 Å². The average molecular weight is 407 g/mol. The predicted molar refractivity (Wildman–Crippen MR) is 110 cm³/mol. The maximum Gasteiger partial charge on any atom is 0.165 e. The van der Waals surface area contributed by atoms with Crippen molar-refractivity contribution in [2.75, 3.05) is 18.4 Å². The second-order valence-electron chi connectivity index (χ2n) is 7.59. The molecule has 4 rings (SSSR count). The number of aliphatic hydroxyl groups excluding tert-OH is 1. The molecular formula is C20H26N2O3S2. The summed E-state index contributed by atoms with van der Waals surface area (Å²) in [7, 11) is 0. The van der Waals surface area contributed by atoms with E-state index in [0.29, 0.717) is 24.1 Å². The van der Waals surface area contributed by atoms with Crippen LogP contribution < -0.4 is 10.6 Å². The molecule has 27 heavy (non-hydrogen) atoms. The maximum atomic E-state index is 12.9. The van der Waals surface area contributed by atoms with Gasteiger partial charge < -0.3 is 10.4 Å². The lowest BCUT2D eigenvalue weighted by Crippen LogP contribution is -2.50. The number of rotatable bonds is 7. The standard InChI is InChI=1S/C20H26N2O3S2/c23-9-15-19(26-10-21-15)18(25)17-20(27-11-22-17)16(24)6-5-12-7-13-3-1-2-4-14(13)8-12/h1-4,12,15,17,19-23H,5-11H2/t15-,17-,19?,20?/m1/s1. The summed E-state index contributed by atoms with van der Waals surface area (Å²) >= 11 is 3.08. The molecule has 2 heterocycles. The molecule has 7 heteroatoms. The first-order valence-corrected chi connectivity index (χ1v) is 11.7. The summed E-state index contributed by atoms with van der Waals surface area (Å²) in [6.45, 7) is -0.0515. The molecule has 2 aliphatic heterocycles. The first kappa shape index (κ1) is 19.5. The lowest BCUT2D eigenvalue weighted by molar-refractivity contribution is -0.125. The Hall–Kier alpha value is -0.860. The van der Waals surface area contributed by atoms with Gasteiger partial charge in [-0.15, -0.1) is 23.5 Å². The van der Waals surface area contributed by atoms with Crippen LogP contribution in [0.4, 0.5) is 0 Å². The van der Waals surface area contributed by atoms with Gasteiger partial charge in [-0.2, -0.15) is 0 Å². The molecule has 0 radical (unpaired) electrons. The molecule has 1 aromatic carbocycles. The molecule has 1 aromatic rings. The third-order valence-electron chi connectivity index (χ3n) is 5.88. The van der Waals surface area contributed by atoms with Crippen molar-refractivity contribution in [3.8, 4) is 0 Å². The normalized spacial score (nSPS) is 30.6. The van der Waals surface area contributed by atoms with Crippen LogP contribution in [0.15, 0.2) is 24.3 Å². The first-order chi connectivity index (χ1) is 13.2. The van der Waals surface area contributed by atoms with E-state index in [9.17, 15) is 14.7 Å². The van der Waals surface area contributed by atoms with E-state index in [1.807, 2.05) is 0 Å². The highest BCUT2D eigenvalue weighted by molar-refractivity contribution is 8.01. The largest absolute Gasteiger partial charge is 0.395 e. The van der Waals surface area contributed by atoms with E-state index in [1.165, 1.54) is 22.9 Å². The van der Waals surface area contributed by atoms with Crippen LogP contribution >= 0.6 is 23.5 Å². The molecule has 0 bridgehead atoms. The Kier molecular flexibility index (Phi) is 6.24. The fourth-order valence-electron chi connectivity index (χ4n) is 4.39. The van der Waals surface area contributed by atoms with Crippen molar-refractivity contribution in [2.45, 2.75) is 48.3 Å². The van der Waals surface area contributed by atoms with Gasteiger partial charge in [0.15, 0.2) is 5.78 Å². The van der Waals surface area contributed by atoms with Crippen molar-refractivity contribution < 1.29 is 14.7 Å². The van der Waals surface area contributed by atoms with Crippen LogP contribution in [0.3, 0.4) is 0 Å². The average Bonchev–Trinajstić information content (AvgIpc) is 3.43. The molecule has 0 saturated carbocycles. The van der Waals surface area contributed by atoms with E-state index in [4.69, 9.17) is 0 Å². The molecule has 1 aliphatic carbocycles. The summed E-state index contributed by atoms with van der Waals surface area (Å²) in [5.74, 6) is 2.09. The first-order valence-electron chi connectivity index (χ1n) is 9.61. The number of thioether (sulfide) groups is 2. The summed E-state index contributed by atoms with van der Waals surface area (Å²) in [6, 6.07) is 7.91. The monoisotopic (exact) mass is 406 g/mol. The van der Waals surface area contributed by atoms with Crippen molar-refractivity contribution in [2.24, 2.45) is 5.92 Å². The van der Waals surface area contributed by atoms with Gasteiger partial charge in [0.25, 0.3) is 0 Å². The minimum atomic E-state index is -0.422. The minimum Gasteiger partial charge on any atom is -0.395 e. The van der Waals surface area contributed by atoms with Crippen LogP contribution in [-0.2, 0) is 22.4 Å². The van der Waals surface area contributed by atoms with Crippen LogP contribution in [0, 0.1) is 5.92 Å². The molecule has 0 spiro atoms. The van der Waals surface area contributed by atoms with Crippen LogP contribution in [0.1, 0.15) is 24.0 Å². The lowest BCUT2D eigenvalue weighted by Gasteiger charge is -2.22. The SMILES string of the molecule is O=C(CCC1Cc2ccccc2C1)C1SCN[C@@H]1C(=O)C1SCN[C@@H]1CO. The van der Waals surface area contributed by atoms with Crippen molar-refractivity contribution >= 4 is 35.1 Å². The van der Waals surface area contributed by atoms with Gasteiger partial charge in [0.2, 0.25) is 0 Å². The number of carbonyl (C=O) groups is 2. The van der Waals surface area contributed by atoms with Crippen LogP contribution in [0.5, 0.6) is 0 Å². The number of aliphatic hydroxyl groups is 1. The Morgan fingerprint density at radius 2 is 1.70 bits per heavy atom. The minimum absolute atomic E-state index is 0.0515. The van der Waals surface area contributed by atoms with Gasteiger partial charge in [-0.3, -0.25) is 14.9 Å². The van der Waals surface area contributed by atoms with E-state index >= 15 is 0 Å². The zero-order chi connectivity index (χ0) is 18.8. The van der Waals surface area contributed by atoms with E-state index in [0.717, 1.165) is 19.3 Å². The summed E-state index contributed by atoms with van der Waals surface area (Å²) in [4.78, 5) is 25.8. The Bertz CT molecular complexity index is 689. The molecular weight excluding hydrogens is 380 g/mol. The van der Waals surface area contributed by atoms with Crippen LogP contribution in [0.25, 0.3) is 0 Å². The lowest BCUT2D eigenvalue weighted by atomic mass is 9.94. The maximum absolute atomic E-state index is 12.9. The third-order valence-corrected chi connectivity index (χ3v) is 8.36. The van der Waals surface area contributed by atoms with E-state index in [-0.39, 0.29) is 34.7 Å². The number of fused-ring (bicyclic) bond motifs is 1. The number of hydrogen-bond donors (Lipinski definition) is 3. The van der Waals surface area contributed by atoms with Crippen molar-refractivity contribution in [3.05, 3.63) is 35.4 Å². The third kappa shape index (κ3) is 4.12. The van der Waals surface area contributed by atoms with Gasteiger partial charge in [0.1, 0.15) is 5.78 Å². The molecule has 0 aromatic heterocycles. The predicted octanol–water partition coefficient (Wildman–Crippen LogP) is 1.37. The van der Waals surface area contributed by atoms with E-state index < -0.39 is 6.04 Å². The summed E-state index contributed by atoms with van der Waals surface area (Å²) in [6.07, 6.45) is 3.56. The molecule has 2 unspecified atom stereocenters. The Balaban J connectivity index is 1.32. The highest BCUT2D eigenvalue weighted by Gasteiger charge is 2.44. The van der Waals surface area contributed by atoms with Gasteiger partial charge in [-0.1, -0.05) is 24.3 Å². The molecule has 5 nitrogen and oxygen atoms in total. The molecule has 2 saturated heterocycles. The molecule has 3 aliphatic rings. The number of ketones is 2. The molecule has 2 fully saturated rings. The van der Waals surface area contributed by atoms with Crippen LogP contribution in [0.2, 0.25) is 0 Å². The molecule has 0 amide bonds. The number of benzene rings is 1. The van der Waals surface area contributed by atoms with Gasteiger partial charge >= 0.3 is 0 Å². The number of hydrogen-bond acceptors (Lipinski definition) is 7. The quantitative estimate of drug-likeness (QED) is 0.631. The highest BCUT2D eigenvalue weighted by atomic mass is 32.2. The summed E-state index contributed by atoms with van der Waals surface area (Å²) in [5.41, 5.74) is 2.83. The van der Waals surface area contributed by atoms with Gasteiger partial charge in [0, 0.05) is 24.2 Å². The second kappa shape index (κ2) is 8.66. The highest BCUT2D eigenvalue weighted by Crippen LogP contribution is 2.33.